The first-order chi connectivity index (χ1) is 6.11. The lowest BCUT2D eigenvalue weighted by atomic mass is 10.2. The molecule has 5 heteroatoms. The van der Waals surface area contributed by atoms with Gasteiger partial charge in [0.1, 0.15) is 5.02 Å². The first-order valence-electron chi connectivity index (χ1n) is 3.77. The van der Waals surface area contributed by atoms with Crippen molar-refractivity contribution in [2.45, 2.75) is 6.54 Å². The summed E-state index contributed by atoms with van der Waals surface area (Å²) in [5.74, 6) is -0.174. The highest BCUT2D eigenvalue weighted by molar-refractivity contribution is 6.31. The van der Waals surface area contributed by atoms with Gasteiger partial charge in [0, 0.05) is 25.4 Å². The summed E-state index contributed by atoms with van der Waals surface area (Å²) in [6.45, 7) is 0.350. The number of rotatable bonds is 0. The van der Waals surface area contributed by atoms with E-state index in [2.05, 4.69) is 5.32 Å². The van der Waals surface area contributed by atoms with Gasteiger partial charge in [-0.25, -0.2) is 0 Å². The second kappa shape index (κ2) is 2.60. The van der Waals surface area contributed by atoms with Gasteiger partial charge in [-0.1, -0.05) is 11.6 Å². The van der Waals surface area contributed by atoms with Gasteiger partial charge in [0.05, 0.1) is 5.56 Å². The third-order valence-electron chi connectivity index (χ3n) is 2.09. The van der Waals surface area contributed by atoms with Gasteiger partial charge >= 0.3 is 0 Å². The van der Waals surface area contributed by atoms with E-state index in [4.69, 9.17) is 11.6 Å². The first-order valence-corrected chi connectivity index (χ1v) is 4.15. The number of aromatic nitrogens is 1. The monoisotopic (exact) mass is 198 g/mol. The molecule has 0 aromatic carbocycles. The second-order valence-corrected chi connectivity index (χ2v) is 3.31. The number of fused-ring (bicyclic) bond motifs is 1. The molecule has 0 spiro atoms. The predicted octanol–water partition coefficient (Wildman–Crippen LogP) is 0.282. The standard InChI is InChI=1S/C8H7ClN2O2/c1-11-3-5-4(2-10-7(5)12)6(9)8(11)13/h3H,2H2,1H3,(H,10,12). The maximum Gasteiger partial charge on any atom is 0.269 e. The molecule has 0 bridgehead atoms. The number of nitrogens with one attached hydrogen (secondary N) is 1. The van der Waals surface area contributed by atoms with E-state index in [9.17, 15) is 9.59 Å². The fourth-order valence-corrected chi connectivity index (χ4v) is 1.67. The zero-order valence-electron chi connectivity index (χ0n) is 6.93. The van der Waals surface area contributed by atoms with Crippen molar-refractivity contribution in [2.75, 3.05) is 0 Å². The highest BCUT2D eigenvalue weighted by Crippen LogP contribution is 2.20. The van der Waals surface area contributed by atoms with Crippen LogP contribution < -0.4 is 10.9 Å². The van der Waals surface area contributed by atoms with Crippen molar-refractivity contribution < 1.29 is 4.79 Å². The van der Waals surface area contributed by atoms with E-state index in [1.807, 2.05) is 0 Å². The highest BCUT2D eigenvalue weighted by Gasteiger charge is 2.23. The highest BCUT2D eigenvalue weighted by atomic mass is 35.5. The molecule has 1 aliphatic rings. The van der Waals surface area contributed by atoms with E-state index in [1.54, 1.807) is 7.05 Å². The van der Waals surface area contributed by atoms with E-state index in [0.717, 1.165) is 0 Å². The van der Waals surface area contributed by atoms with Gasteiger partial charge in [0.2, 0.25) is 0 Å². The molecule has 1 amide bonds. The number of aryl methyl sites for hydroxylation is 1. The molecule has 0 saturated heterocycles. The lowest BCUT2D eigenvalue weighted by Gasteiger charge is -2.02. The van der Waals surface area contributed by atoms with Gasteiger partial charge in [0.25, 0.3) is 11.5 Å². The van der Waals surface area contributed by atoms with E-state index in [-0.39, 0.29) is 16.5 Å². The van der Waals surface area contributed by atoms with Crippen LogP contribution in [0.1, 0.15) is 15.9 Å². The average molecular weight is 199 g/mol. The summed E-state index contributed by atoms with van der Waals surface area (Å²) in [5, 5.41) is 2.74. The van der Waals surface area contributed by atoms with Gasteiger partial charge in [-0.3, -0.25) is 9.59 Å². The Morgan fingerprint density at radius 3 is 2.92 bits per heavy atom. The fraction of sp³-hybridized carbons (Fsp3) is 0.250. The van der Waals surface area contributed by atoms with Crippen molar-refractivity contribution in [1.82, 2.24) is 9.88 Å². The van der Waals surface area contributed by atoms with Crippen LogP contribution in [0, 0.1) is 0 Å². The van der Waals surface area contributed by atoms with Crippen molar-refractivity contribution in [3.05, 3.63) is 32.7 Å². The van der Waals surface area contributed by atoms with Crippen molar-refractivity contribution in [2.24, 2.45) is 7.05 Å². The number of carbonyl (C=O) groups is 1. The third kappa shape index (κ3) is 1.06. The summed E-state index contributed by atoms with van der Waals surface area (Å²) < 4.78 is 1.31. The molecular weight excluding hydrogens is 192 g/mol. The van der Waals surface area contributed by atoms with Crippen LogP contribution in [0.25, 0.3) is 0 Å². The summed E-state index contributed by atoms with van der Waals surface area (Å²) in [5.41, 5.74) is 0.832. The van der Waals surface area contributed by atoms with Crippen molar-refractivity contribution in [3.8, 4) is 0 Å². The molecule has 1 N–H and O–H groups in total. The zero-order valence-corrected chi connectivity index (χ0v) is 7.68. The van der Waals surface area contributed by atoms with E-state index in [0.29, 0.717) is 17.7 Å². The Morgan fingerprint density at radius 2 is 2.23 bits per heavy atom. The Balaban J connectivity index is 2.81. The molecule has 0 fully saturated rings. The van der Waals surface area contributed by atoms with E-state index >= 15 is 0 Å². The largest absolute Gasteiger partial charge is 0.348 e. The number of carbonyl (C=O) groups excluding carboxylic acids is 1. The lowest BCUT2D eigenvalue weighted by Crippen LogP contribution is -2.19. The van der Waals surface area contributed by atoms with Crippen LogP contribution >= 0.6 is 11.6 Å². The number of amides is 1. The summed E-state index contributed by atoms with van der Waals surface area (Å²) in [7, 11) is 1.57. The summed E-state index contributed by atoms with van der Waals surface area (Å²) in [6.07, 6.45) is 1.51. The Hall–Kier alpha value is -1.29. The minimum atomic E-state index is -0.267. The molecule has 0 radical (unpaired) electrons. The number of nitrogens with zero attached hydrogens (tertiary/aromatic N) is 1. The minimum absolute atomic E-state index is 0.137. The molecule has 0 saturated carbocycles. The van der Waals surface area contributed by atoms with Crippen LogP contribution in [0.15, 0.2) is 11.0 Å². The van der Waals surface area contributed by atoms with Crippen molar-refractivity contribution >= 4 is 17.5 Å². The number of pyridine rings is 1. The van der Waals surface area contributed by atoms with Crippen LogP contribution in [0.2, 0.25) is 5.02 Å². The second-order valence-electron chi connectivity index (χ2n) is 2.93. The zero-order chi connectivity index (χ0) is 9.59. The molecule has 1 aromatic rings. The van der Waals surface area contributed by atoms with Gasteiger partial charge in [0.15, 0.2) is 0 Å². The molecule has 4 nitrogen and oxygen atoms in total. The van der Waals surface area contributed by atoms with Gasteiger partial charge in [-0.15, -0.1) is 0 Å². The smallest absolute Gasteiger partial charge is 0.269 e. The van der Waals surface area contributed by atoms with Gasteiger partial charge in [-0.2, -0.15) is 0 Å². The summed E-state index contributed by atoms with van der Waals surface area (Å²) in [6, 6.07) is 0. The molecule has 68 valence electrons. The molecule has 2 heterocycles. The molecule has 0 aliphatic carbocycles. The Bertz CT molecular complexity index is 450. The van der Waals surface area contributed by atoms with Crippen LogP contribution in [0.4, 0.5) is 0 Å². The molecule has 13 heavy (non-hydrogen) atoms. The summed E-state index contributed by atoms with van der Waals surface area (Å²) in [4.78, 5) is 22.5. The number of hydrogen-bond acceptors (Lipinski definition) is 2. The maximum atomic E-state index is 11.3. The van der Waals surface area contributed by atoms with Crippen LogP contribution in [0.3, 0.4) is 0 Å². The average Bonchev–Trinajstić information content (AvgIpc) is 2.45. The normalized spacial score (nSPS) is 14.2. The van der Waals surface area contributed by atoms with Crippen LogP contribution in [-0.4, -0.2) is 10.5 Å². The third-order valence-corrected chi connectivity index (χ3v) is 2.48. The first kappa shape index (κ1) is 8.31. The molecule has 0 unspecified atom stereocenters. The molecule has 1 aromatic heterocycles. The lowest BCUT2D eigenvalue weighted by molar-refractivity contribution is 0.0965. The number of hydrogen-bond donors (Lipinski definition) is 1. The van der Waals surface area contributed by atoms with E-state index < -0.39 is 0 Å². The van der Waals surface area contributed by atoms with Crippen LogP contribution in [-0.2, 0) is 13.6 Å². The molecule has 0 atom stereocenters. The summed E-state index contributed by atoms with van der Waals surface area (Å²) >= 11 is 5.78. The van der Waals surface area contributed by atoms with Gasteiger partial charge < -0.3 is 9.88 Å². The quantitative estimate of drug-likeness (QED) is 0.651. The molecule has 2 rings (SSSR count). The Labute approximate surface area is 79.1 Å². The van der Waals surface area contributed by atoms with E-state index in [1.165, 1.54) is 10.8 Å². The van der Waals surface area contributed by atoms with Crippen LogP contribution in [0.5, 0.6) is 0 Å². The SMILES string of the molecule is Cn1cc2c(c(Cl)c1=O)CNC2=O. The Kier molecular flexibility index (Phi) is 1.66. The fourth-order valence-electron chi connectivity index (χ4n) is 1.36. The van der Waals surface area contributed by atoms with Gasteiger partial charge in [-0.05, 0) is 0 Å². The predicted molar refractivity (Wildman–Crippen MR) is 47.9 cm³/mol. The molecule has 1 aliphatic heterocycles. The number of halogens is 1. The maximum absolute atomic E-state index is 11.3. The Morgan fingerprint density at radius 1 is 1.54 bits per heavy atom. The van der Waals surface area contributed by atoms with Crippen molar-refractivity contribution in [1.29, 1.82) is 0 Å². The van der Waals surface area contributed by atoms with Crippen molar-refractivity contribution in [3.63, 3.8) is 0 Å². The topological polar surface area (TPSA) is 51.1 Å². The minimum Gasteiger partial charge on any atom is -0.348 e. The molecular formula is C8H7ClN2O2.